The van der Waals surface area contributed by atoms with Crippen molar-refractivity contribution in [1.29, 1.82) is 0 Å². The van der Waals surface area contributed by atoms with Crippen LogP contribution < -0.4 is 5.32 Å². The monoisotopic (exact) mass is 609 g/mol. The van der Waals surface area contributed by atoms with Crippen molar-refractivity contribution in [3.8, 4) is 5.88 Å². The van der Waals surface area contributed by atoms with Crippen molar-refractivity contribution in [2.75, 3.05) is 13.1 Å². The minimum Gasteiger partial charge on any atom is -0.494 e. The predicted octanol–water partition coefficient (Wildman–Crippen LogP) is 8.01. The van der Waals surface area contributed by atoms with E-state index >= 15 is 0 Å². The minimum absolute atomic E-state index is 0.0170. The van der Waals surface area contributed by atoms with Crippen LogP contribution in [0.4, 0.5) is 5.69 Å². The molecule has 1 unspecified atom stereocenters. The first-order valence-corrected chi connectivity index (χ1v) is 16.1. The quantitative estimate of drug-likeness (QED) is 0.145. The first-order valence-electron chi connectivity index (χ1n) is 16.1. The summed E-state index contributed by atoms with van der Waals surface area (Å²) in [5.74, 6) is -0.147. The van der Waals surface area contributed by atoms with E-state index in [1.54, 1.807) is 6.07 Å². The SMILES string of the molecule is CCC(NC(=O)c1ccc2[nH]c(O)c(C(=Nc3cccc(CN4CCCC4)c3)c3ccc4c(ccn4C)c3)c2c1)c1ccccc1. The van der Waals surface area contributed by atoms with Crippen molar-refractivity contribution in [2.45, 2.75) is 38.8 Å². The summed E-state index contributed by atoms with van der Waals surface area (Å²) in [4.78, 5) is 24.4. The van der Waals surface area contributed by atoms with Crippen LogP contribution in [0.5, 0.6) is 5.88 Å². The summed E-state index contributed by atoms with van der Waals surface area (Å²) < 4.78 is 2.09. The average Bonchev–Trinajstić information content (AvgIpc) is 3.81. The number of hydrogen-bond acceptors (Lipinski definition) is 4. The topological polar surface area (TPSA) is 85.7 Å². The smallest absolute Gasteiger partial charge is 0.251 e. The molecule has 0 aliphatic carbocycles. The lowest BCUT2D eigenvalue weighted by molar-refractivity contribution is 0.0935. The molecule has 7 nitrogen and oxygen atoms in total. The lowest BCUT2D eigenvalue weighted by Crippen LogP contribution is -2.28. The van der Waals surface area contributed by atoms with E-state index in [9.17, 15) is 9.90 Å². The molecule has 0 bridgehead atoms. The number of benzene rings is 4. The maximum absolute atomic E-state index is 13.6. The summed E-state index contributed by atoms with van der Waals surface area (Å²) in [6, 6.07) is 32.1. The number of rotatable bonds is 9. The van der Waals surface area contributed by atoms with Crippen molar-refractivity contribution in [2.24, 2.45) is 12.0 Å². The number of aromatic hydroxyl groups is 1. The molecular weight excluding hydrogens is 570 g/mol. The zero-order valence-electron chi connectivity index (χ0n) is 26.3. The highest BCUT2D eigenvalue weighted by molar-refractivity contribution is 6.23. The summed E-state index contributed by atoms with van der Waals surface area (Å²) in [6.45, 7) is 5.21. The summed E-state index contributed by atoms with van der Waals surface area (Å²) in [5.41, 5.74) is 7.55. The molecule has 1 fully saturated rings. The van der Waals surface area contributed by atoms with Gasteiger partial charge in [0.05, 0.1) is 23.0 Å². The first kappa shape index (κ1) is 29.6. The molecule has 3 N–H and O–H groups in total. The molecule has 232 valence electrons. The van der Waals surface area contributed by atoms with Crippen LogP contribution in [0.25, 0.3) is 21.8 Å². The van der Waals surface area contributed by atoms with Crippen molar-refractivity contribution in [1.82, 2.24) is 19.8 Å². The number of aromatic nitrogens is 2. The number of carbonyl (C=O) groups excluding carboxylic acids is 1. The van der Waals surface area contributed by atoms with Gasteiger partial charge in [-0.15, -0.1) is 0 Å². The number of aryl methyl sites for hydroxylation is 1. The van der Waals surface area contributed by atoms with Crippen molar-refractivity contribution in [3.63, 3.8) is 0 Å². The standard InChI is InChI=1S/C39H39N5O2/c1-3-33(27-11-5-4-6-12-27)41-38(45)30-14-16-34-32(24-30)36(39(46)42-34)37(29-15-17-35-28(23-29)18-21-43(35)2)40-31-13-9-10-26(22-31)25-44-19-7-8-20-44/h4-6,9-18,21-24,33,42,46H,3,7-8,19-20,25H2,1-2H3,(H,41,45). The molecule has 0 radical (unpaired) electrons. The van der Waals surface area contributed by atoms with Gasteiger partial charge in [-0.2, -0.15) is 0 Å². The van der Waals surface area contributed by atoms with Crippen LogP contribution in [0.15, 0.2) is 108 Å². The van der Waals surface area contributed by atoms with Crippen LogP contribution in [0.3, 0.4) is 0 Å². The summed E-state index contributed by atoms with van der Waals surface area (Å²) >= 11 is 0. The van der Waals surface area contributed by atoms with E-state index in [1.807, 2.05) is 61.8 Å². The molecule has 4 aromatic carbocycles. The lowest BCUT2D eigenvalue weighted by atomic mass is 9.98. The fourth-order valence-electron chi connectivity index (χ4n) is 6.65. The van der Waals surface area contributed by atoms with Gasteiger partial charge in [0.1, 0.15) is 0 Å². The number of nitrogens with zero attached hydrogens (tertiary/aromatic N) is 3. The van der Waals surface area contributed by atoms with Gasteiger partial charge in [0.25, 0.3) is 5.91 Å². The van der Waals surface area contributed by atoms with Gasteiger partial charge < -0.3 is 20.0 Å². The number of aliphatic imine (C=N–C) groups is 1. The Morgan fingerprint density at radius 1 is 0.935 bits per heavy atom. The number of likely N-dealkylation sites (tertiary alicyclic amines) is 1. The zero-order chi connectivity index (χ0) is 31.6. The van der Waals surface area contributed by atoms with Gasteiger partial charge in [-0.1, -0.05) is 55.5 Å². The third kappa shape index (κ3) is 5.94. The number of hydrogen-bond donors (Lipinski definition) is 3. The van der Waals surface area contributed by atoms with Crippen LogP contribution in [0.2, 0.25) is 0 Å². The summed E-state index contributed by atoms with van der Waals surface area (Å²) in [6.07, 6.45) is 5.30. The normalized spacial score (nSPS) is 14.7. The molecule has 7 rings (SSSR count). The van der Waals surface area contributed by atoms with E-state index in [0.29, 0.717) is 16.8 Å². The van der Waals surface area contributed by atoms with Crippen LogP contribution in [-0.2, 0) is 13.6 Å². The number of aromatic amines is 1. The minimum atomic E-state index is -0.164. The summed E-state index contributed by atoms with van der Waals surface area (Å²) in [7, 11) is 2.03. The molecule has 3 heterocycles. The number of carbonyl (C=O) groups is 1. The van der Waals surface area contributed by atoms with Gasteiger partial charge in [0, 0.05) is 52.7 Å². The van der Waals surface area contributed by atoms with Gasteiger partial charge in [-0.25, -0.2) is 4.99 Å². The Morgan fingerprint density at radius 2 is 1.74 bits per heavy atom. The molecule has 1 saturated heterocycles. The molecule has 1 atom stereocenters. The fraction of sp³-hybridized carbons (Fsp3) is 0.231. The molecule has 6 aromatic rings. The van der Waals surface area contributed by atoms with E-state index < -0.39 is 0 Å². The second kappa shape index (κ2) is 12.7. The van der Waals surface area contributed by atoms with Gasteiger partial charge in [-0.3, -0.25) is 9.69 Å². The average molecular weight is 610 g/mol. The van der Waals surface area contributed by atoms with E-state index in [4.69, 9.17) is 4.99 Å². The van der Waals surface area contributed by atoms with Gasteiger partial charge in [-0.05, 0) is 92.0 Å². The van der Waals surface area contributed by atoms with Gasteiger partial charge in [0.2, 0.25) is 0 Å². The predicted molar refractivity (Wildman–Crippen MR) is 186 cm³/mol. The molecule has 2 aromatic heterocycles. The van der Waals surface area contributed by atoms with Crippen LogP contribution >= 0.6 is 0 Å². The first-order chi connectivity index (χ1) is 22.5. The molecule has 7 heteroatoms. The largest absolute Gasteiger partial charge is 0.494 e. The van der Waals surface area contributed by atoms with E-state index in [1.165, 1.54) is 18.4 Å². The highest BCUT2D eigenvalue weighted by Crippen LogP contribution is 2.34. The summed E-state index contributed by atoms with van der Waals surface area (Å²) in [5, 5.41) is 16.4. The van der Waals surface area contributed by atoms with Crippen LogP contribution in [0, 0.1) is 0 Å². The highest BCUT2D eigenvalue weighted by atomic mass is 16.3. The number of amides is 1. The third-order valence-corrected chi connectivity index (χ3v) is 9.11. The van der Waals surface area contributed by atoms with E-state index in [-0.39, 0.29) is 17.8 Å². The molecule has 0 saturated carbocycles. The third-order valence-electron chi connectivity index (χ3n) is 9.11. The van der Waals surface area contributed by atoms with Gasteiger partial charge in [0.15, 0.2) is 5.88 Å². The fourth-order valence-corrected chi connectivity index (χ4v) is 6.65. The van der Waals surface area contributed by atoms with Gasteiger partial charge >= 0.3 is 0 Å². The zero-order valence-corrected chi connectivity index (χ0v) is 26.3. The van der Waals surface area contributed by atoms with Crippen molar-refractivity contribution in [3.05, 3.63) is 131 Å². The molecule has 1 amide bonds. The van der Waals surface area contributed by atoms with Crippen LogP contribution in [-0.4, -0.2) is 44.3 Å². The number of nitrogens with one attached hydrogen (secondary N) is 2. The highest BCUT2D eigenvalue weighted by Gasteiger charge is 2.22. The van der Waals surface area contributed by atoms with E-state index in [2.05, 4.69) is 69.2 Å². The number of H-pyrrole nitrogens is 1. The Morgan fingerprint density at radius 3 is 2.54 bits per heavy atom. The Kier molecular flexibility index (Phi) is 8.16. The maximum Gasteiger partial charge on any atom is 0.251 e. The van der Waals surface area contributed by atoms with E-state index in [0.717, 1.165) is 64.7 Å². The lowest BCUT2D eigenvalue weighted by Gasteiger charge is -2.17. The second-order valence-electron chi connectivity index (χ2n) is 12.3. The van der Waals surface area contributed by atoms with Crippen molar-refractivity contribution >= 4 is 39.1 Å². The molecule has 0 spiro atoms. The molecular formula is C39H39N5O2. The Hall–Kier alpha value is -5.14. The molecule has 46 heavy (non-hydrogen) atoms. The Labute approximate surface area is 269 Å². The molecule has 1 aliphatic rings. The van der Waals surface area contributed by atoms with Crippen LogP contribution in [0.1, 0.15) is 64.8 Å². The van der Waals surface area contributed by atoms with Crippen molar-refractivity contribution < 1.29 is 9.90 Å². The Bertz CT molecular complexity index is 2050. The Balaban J connectivity index is 1.32. The number of fused-ring (bicyclic) bond motifs is 2. The molecule has 1 aliphatic heterocycles. The second-order valence-corrected chi connectivity index (χ2v) is 12.3. The maximum atomic E-state index is 13.6.